The number of hydrogen-bond acceptors (Lipinski definition) is 3. The molecule has 1 aliphatic carbocycles. The van der Waals surface area contributed by atoms with Crippen LogP contribution in [0.2, 0.25) is 0 Å². The fraction of sp³-hybridized carbons (Fsp3) is 0.286. The molecule has 0 radical (unpaired) electrons. The monoisotopic (exact) mass is 350 g/mol. The van der Waals surface area contributed by atoms with Gasteiger partial charge in [-0.2, -0.15) is 0 Å². The molecule has 4 heteroatoms. The third-order valence-corrected chi connectivity index (χ3v) is 6.09. The molecule has 2 aromatic carbocycles. The van der Waals surface area contributed by atoms with E-state index in [-0.39, 0.29) is 11.3 Å². The number of nitrogens with one attached hydrogen (secondary N) is 1. The Morgan fingerprint density at radius 1 is 1.12 bits per heavy atom. The zero-order chi connectivity index (χ0) is 17.4. The first-order chi connectivity index (χ1) is 12.1. The number of anilines is 2. The van der Waals surface area contributed by atoms with E-state index in [2.05, 4.69) is 66.3 Å². The van der Waals surface area contributed by atoms with Gasteiger partial charge < -0.3 is 9.62 Å². The summed E-state index contributed by atoms with van der Waals surface area (Å²) in [4.78, 5) is 14.6. The summed E-state index contributed by atoms with van der Waals surface area (Å²) in [7, 11) is 1.88. The molecule has 0 atom stereocenters. The van der Waals surface area contributed by atoms with Crippen LogP contribution in [-0.4, -0.2) is 13.0 Å². The van der Waals surface area contributed by atoms with Crippen LogP contribution in [0.1, 0.15) is 29.5 Å². The van der Waals surface area contributed by atoms with E-state index in [1.54, 1.807) is 11.9 Å². The molecule has 0 saturated carbocycles. The number of benzene rings is 2. The van der Waals surface area contributed by atoms with Crippen molar-refractivity contribution in [1.82, 2.24) is 0 Å². The summed E-state index contributed by atoms with van der Waals surface area (Å²) >= 11 is 1.68. The lowest BCUT2D eigenvalue weighted by Gasteiger charge is -2.22. The molecule has 128 valence electrons. The molecule has 0 bridgehead atoms. The van der Waals surface area contributed by atoms with Gasteiger partial charge in [-0.1, -0.05) is 42.0 Å². The van der Waals surface area contributed by atoms with Crippen molar-refractivity contribution >= 4 is 29.2 Å². The molecule has 2 aromatic rings. The first kappa shape index (κ1) is 16.3. The molecule has 1 aliphatic heterocycles. The summed E-state index contributed by atoms with van der Waals surface area (Å²) in [5, 5.41) is 0. The van der Waals surface area contributed by atoms with E-state index in [4.69, 9.17) is 0 Å². The van der Waals surface area contributed by atoms with Crippen molar-refractivity contribution in [2.24, 2.45) is 0 Å². The molecule has 2 aliphatic rings. The minimum absolute atomic E-state index is 0.219. The largest absolute Gasteiger partial charge is 0.329 e. The molecule has 3 nitrogen and oxygen atoms in total. The molecular formula is C21H22N2OS. The Morgan fingerprint density at radius 3 is 2.56 bits per heavy atom. The highest BCUT2D eigenvalue weighted by Crippen LogP contribution is 2.49. The molecule has 1 N–H and O–H groups in total. The van der Waals surface area contributed by atoms with Gasteiger partial charge in [-0.25, -0.2) is 0 Å². The maximum absolute atomic E-state index is 12.8. The lowest BCUT2D eigenvalue weighted by atomic mass is 9.79. The van der Waals surface area contributed by atoms with Crippen molar-refractivity contribution in [3.05, 3.63) is 71.3 Å². The fourth-order valence-corrected chi connectivity index (χ4v) is 4.48. The van der Waals surface area contributed by atoms with E-state index in [1.807, 2.05) is 11.9 Å². The molecular weight excluding hydrogens is 328 g/mol. The van der Waals surface area contributed by atoms with Crippen molar-refractivity contribution in [3.8, 4) is 0 Å². The van der Waals surface area contributed by atoms with E-state index < -0.39 is 0 Å². The number of likely N-dealkylation sites (N-methyl/N-ethyl adjacent to an activating group) is 1. The first-order valence-corrected chi connectivity index (χ1v) is 9.60. The van der Waals surface area contributed by atoms with Gasteiger partial charge in [0.1, 0.15) is 0 Å². The van der Waals surface area contributed by atoms with Gasteiger partial charge in [0.25, 0.3) is 0 Å². The quantitative estimate of drug-likeness (QED) is 0.634. The third kappa shape index (κ3) is 2.74. The Labute approximate surface area is 153 Å². The van der Waals surface area contributed by atoms with Crippen LogP contribution < -0.4 is 9.62 Å². The van der Waals surface area contributed by atoms with Crippen LogP contribution in [0.15, 0.2) is 54.6 Å². The lowest BCUT2D eigenvalue weighted by molar-refractivity contribution is -0.122. The topological polar surface area (TPSA) is 32.3 Å². The van der Waals surface area contributed by atoms with E-state index in [1.165, 1.54) is 11.1 Å². The van der Waals surface area contributed by atoms with E-state index in [0.717, 1.165) is 35.5 Å². The maximum atomic E-state index is 12.8. The van der Waals surface area contributed by atoms with Crippen LogP contribution in [0.4, 0.5) is 11.4 Å². The molecule has 0 fully saturated rings. The second-order valence-electron chi connectivity index (χ2n) is 6.93. The molecule has 4 rings (SSSR count). The highest BCUT2D eigenvalue weighted by atomic mass is 32.2. The summed E-state index contributed by atoms with van der Waals surface area (Å²) in [6, 6.07) is 14.9. The Hall–Kier alpha value is -2.20. The standard InChI is InChI=1S/C21H22N2OS/c1-15-5-7-16(8-6-15)14-25-22-17-9-10-19-18(13-17)21(11-3-4-12-21)20(24)23(19)2/h3-10,13,22H,11-12,14H2,1-2H3. The minimum atomic E-state index is -0.372. The highest BCUT2D eigenvalue weighted by Gasteiger charge is 2.49. The van der Waals surface area contributed by atoms with E-state index in [0.29, 0.717) is 0 Å². The lowest BCUT2D eigenvalue weighted by Crippen LogP contribution is -2.36. The average molecular weight is 350 g/mol. The Morgan fingerprint density at radius 2 is 1.84 bits per heavy atom. The fourth-order valence-electron chi connectivity index (χ4n) is 3.75. The number of amides is 1. The van der Waals surface area contributed by atoms with Crippen LogP contribution in [-0.2, 0) is 16.0 Å². The predicted octanol–water partition coefficient (Wildman–Crippen LogP) is 4.82. The number of nitrogens with zero attached hydrogens (tertiary/aromatic N) is 1. The predicted molar refractivity (Wildman–Crippen MR) is 106 cm³/mol. The number of hydrogen-bond donors (Lipinski definition) is 1. The van der Waals surface area contributed by atoms with E-state index in [9.17, 15) is 4.79 Å². The van der Waals surface area contributed by atoms with E-state index >= 15 is 0 Å². The normalized spacial score (nSPS) is 17.4. The van der Waals surface area contributed by atoms with Gasteiger partial charge in [-0.05, 0) is 61.0 Å². The molecule has 1 spiro atoms. The smallest absolute Gasteiger partial charge is 0.238 e. The van der Waals surface area contributed by atoms with Crippen molar-refractivity contribution in [2.75, 3.05) is 16.7 Å². The molecule has 0 saturated heterocycles. The minimum Gasteiger partial charge on any atom is -0.329 e. The summed E-state index contributed by atoms with van der Waals surface area (Å²) in [5.74, 6) is 1.13. The van der Waals surface area contributed by atoms with Gasteiger partial charge in [0, 0.05) is 24.2 Å². The molecule has 1 heterocycles. The highest BCUT2D eigenvalue weighted by molar-refractivity contribution is 7.99. The van der Waals surface area contributed by atoms with Gasteiger partial charge >= 0.3 is 0 Å². The Bertz CT molecular complexity index is 833. The number of aryl methyl sites for hydroxylation is 1. The molecule has 0 aromatic heterocycles. The van der Waals surface area contributed by atoms with Crippen LogP contribution in [0, 0.1) is 6.92 Å². The summed E-state index contributed by atoms with van der Waals surface area (Å²) < 4.78 is 3.44. The zero-order valence-corrected chi connectivity index (χ0v) is 15.4. The number of fused-ring (bicyclic) bond motifs is 2. The zero-order valence-electron chi connectivity index (χ0n) is 14.6. The Kier molecular flexibility index (Phi) is 4.08. The van der Waals surface area contributed by atoms with Crippen LogP contribution in [0.5, 0.6) is 0 Å². The van der Waals surface area contributed by atoms with Gasteiger partial charge in [0.2, 0.25) is 5.91 Å². The number of carbonyl (C=O) groups is 1. The molecule has 1 amide bonds. The maximum Gasteiger partial charge on any atom is 0.238 e. The Balaban J connectivity index is 1.50. The summed E-state index contributed by atoms with van der Waals surface area (Å²) in [6.45, 7) is 2.10. The van der Waals surface area contributed by atoms with Crippen LogP contribution in [0.25, 0.3) is 0 Å². The van der Waals surface area contributed by atoms with Crippen molar-refractivity contribution in [3.63, 3.8) is 0 Å². The van der Waals surface area contributed by atoms with Crippen molar-refractivity contribution in [1.29, 1.82) is 0 Å². The van der Waals surface area contributed by atoms with Gasteiger partial charge in [0.15, 0.2) is 0 Å². The van der Waals surface area contributed by atoms with Gasteiger partial charge in [0.05, 0.1) is 5.41 Å². The molecule has 0 unspecified atom stereocenters. The SMILES string of the molecule is Cc1ccc(CSNc2ccc3c(c2)C2(CC=CC2)C(=O)N3C)cc1. The van der Waals surface area contributed by atoms with Crippen molar-refractivity contribution < 1.29 is 4.79 Å². The van der Waals surface area contributed by atoms with Gasteiger partial charge in [-0.3, -0.25) is 4.79 Å². The van der Waals surface area contributed by atoms with Crippen molar-refractivity contribution in [2.45, 2.75) is 30.9 Å². The third-order valence-electron chi connectivity index (χ3n) is 5.24. The number of allylic oxidation sites excluding steroid dienone is 2. The number of carbonyl (C=O) groups excluding carboxylic acids is 1. The summed E-state index contributed by atoms with van der Waals surface area (Å²) in [5.41, 5.74) is 5.47. The van der Waals surface area contributed by atoms with Crippen LogP contribution >= 0.6 is 11.9 Å². The van der Waals surface area contributed by atoms with Gasteiger partial charge in [-0.15, -0.1) is 0 Å². The second kappa shape index (κ2) is 6.26. The first-order valence-electron chi connectivity index (χ1n) is 8.61. The van der Waals surface area contributed by atoms with Crippen LogP contribution in [0.3, 0.4) is 0 Å². The number of rotatable bonds is 4. The average Bonchev–Trinajstić information content (AvgIpc) is 3.19. The second-order valence-corrected chi connectivity index (χ2v) is 7.72. The molecule has 25 heavy (non-hydrogen) atoms. The summed E-state index contributed by atoms with van der Waals surface area (Å²) in [6.07, 6.45) is 5.88.